The third-order valence-corrected chi connectivity index (χ3v) is 5.65. The molecule has 0 aliphatic heterocycles. The van der Waals surface area contributed by atoms with Crippen LogP contribution < -0.4 is 5.32 Å². The van der Waals surface area contributed by atoms with Gasteiger partial charge in [0.1, 0.15) is 0 Å². The third-order valence-electron chi connectivity index (χ3n) is 3.74. The van der Waals surface area contributed by atoms with E-state index in [0.29, 0.717) is 11.4 Å². The lowest BCUT2D eigenvalue weighted by molar-refractivity contribution is 0.249. The Morgan fingerprint density at radius 2 is 2.11 bits per heavy atom. The molecular weight excluding hydrogens is 260 g/mol. The highest BCUT2D eigenvalue weighted by atomic mass is 32.2. The van der Waals surface area contributed by atoms with Crippen LogP contribution in [0, 0.1) is 0 Å². The highest BCUT2D eigenvalue weighted by Gasteiger charge is 2.31. The molecule has 1 N–H and O–H groups in total. The number of rotatable bonds is 6. The van der Waals surface area contributed by atoms with Gasteiger partial charge in [0.2, 0.25) is 10.0 Å². The monoisotopic (exact) mass is 282 g/mol. The fourth-order valence-corrected chi connectivity index (χ4v) is 3.68. The molecule has 1 aliphatic carbocycles. The zero-order valence-corrected chi connectivity index (χ0v) is 12.4. The molecule has 0 radical (unpaired) electrons. The van der Waals surface area contributed by atoms with Gasteiger partial charge < -0.3 is 5.32 Å². The van der Waals surface area contributed by atoms with Gasteiger partial charge in [-0.05, 0) is 37.1 Å². The third kappa shape index (κ3) is 3.16. The van der Waals surface area contributed by atoms with Gasteiger partial charge in [-0.25, -0.2) is 8.42 Å². The molecule has 2 rings (SSSR count). The van der Waals surface area contributed by atoms with E-state index in [1.807, 2.05) is 19.1 Å². The smallest absolute Gasteiger partial charge is 0.243 e. The minimum Gasteiger partial charge on any atom is -0.313 e. The minimum absolute atomic E-state index is 0.183. The molecule has 0 spiro atoms. The van der Waals surface area contributed by atoms with Gasteiger partial charge in [-0.1, -0.05) is 25.5 Å². The average Bonchev–Trinajstić information content (AvgIpc) is 2.34. The summed E-state index contributed by atoms with van der Waals surface area (Å²) in [7, 11) is -1.65. The van der Waals surface area contributed by atoms with Crippen molar-refractivity contribution in [3.8, 4) is 0 Å². The topological polar surface area (TPSA) is 49.4 Å². The molecule has 106 valence electrons. The fourth-order valence-electron chi connectivity index (χ4n) is 2.20. The van der Waals surface area contributed by atoms with Gasteiger partial charge in [0.25, 0.3) is 0 Å². The molecule has 0 unspecified atom stereocenters. The average molecular weight is 282 g/mol. The largest absolute Gasteiger partial charge is 0.313 e. The van der Waals surface area contributed by atoms with E-state index in [-0.39, 0.29) is 6.04 Å². The van der Waals surface area contributed by atoms with E-state index in [1.54, 1.807) is 19.2 Å². The summed E-state index contributed by atoms with van der Waals surface area (Å²) in [6.07, 6.45) is 3.09. The molecule has 0 aromatic heterocycles. The van der Waals surface area contributed by atoms with Crippen LogP contribution in [-0.4, -0.2) is 32.4 Å². The first-order valence-corrected chi connectivity index (χ1v) is 8.27. The first-order chi connectivity index (χ1) is 9.05. The second kappa shape index (κ2) is 6.03. The molecule has 0 atom stereocenters. The normalized spacial score (nSPS) is 16.6. The van der Waals surface area contributed by atoms with Gasteiger partial charge in [0.15, 0.2) is 0 Å². The first kappa shape index (κ1) is 14.5. The van der Waals surface area contributed by atoms with Crippen LogP contribution in [0.25, 0.3) is 0 Å². The molecule has 0 bridgehead atoms. The molecule has 0 amide bonds. The minimum atomic E-state index is -3.34. The van der Waals surface area contributed by atoms with Crippen molar-refractivity contribution >= 4 is 10.0 Å². The van der Waals surface area contributed by atoms with E-state index < -0.39 is 10.0 Å². The van der Waals surface area contributed by atoms with Gasteiger partial charge >= 0.3 is 0 Å². The maximum Gasteiger partial charge on any atom is 0.243 e. The Labute approximate surface area is 115 Å². The van der Waals surface area contributed by atoms with Crippen LogP contribution in [0.2, 0.25) is 0 Å². The van der Waals surface area contributed by atoms with Crippen molar-refractivity contribution in [1.82, 2.24) is 9.62 Å². The van der Waals surface area contributed by atoms with Crippen molar-refractivity contribution in [2.75, 3.05) is 13.6 Å². The molecule has 1 aliphatic rings. The summed E-state index contributed by atoms with van der Waals surface area (Å²) in [6, 6.07) is 7.40. The molecule has 1 saturated carbocycles. The summed E-state index contributed by atoms with van der Waals surface area (Å²) in [4.78, 5) is 0.400. The number of hydrogen-bond donors (Lipinski definition) is 1. The van der Waals surface area contributed by atoms with E-state index in [1.165, 1.54) is 4.31 Å². The zero-order valence-electron chi connectivity index (χ0n) is 11.6. The number of nitrogens with one attached hydrogen (secondary N) is 1. The Balaban J connectivity index is 2.19. The van der Waals surface area contributed by atoms with Crippen molar-refractivity contribution in [3.05, 3.63) is 29.8 Å². The Morgan fingerprint density at radius 1 is 1.37 bits per heavy atom. The van der Waals surface area contributed by atoms with Gasteiger partial charge in [-0.3, -0.25) is 0 Å². The Bertz CT molecular complexity index is 524. The highest BCUT2D eigenvalue weighted by Crippen LogP contribution is 2.28. The van der Waals surface area contributed by atoms with Crippen LogP contribution in [0.4, 0.5) is 0 Å². The van der Waals surface area contributed by atoms with Crippen LogP contribution in [0.3, 0.4) is 0 Å². The van der Waals surface area contributed by atoms with Crippen molar-refractivity contribution < 1.29 is 8.42 Å². The van der Waals surface area contributed by atoms with Crippen LogP contribution in [0.5, 0.6) is 0 Å². The second-order valence-corrected chi connectivity index (χ2v) is 7.03. The highest BCUT2D eigenvalue weighted by molar-refractivity contribution is 7.89. The first-order valence-electron chi connectivity index (χ1n) is 6.83. The summed E-state index contributed by atoms with van der Waals surface area (Å²) in [6.45, 7) is 3.61. The zero-order chi connectivity index (χ0) is 13.9. The lowest BCUT2D eigenvalue weighted by Crippen LogP contribution is -2.41. The van der Waals surface area contributed by atoms with Gasteiger partial charge in [-0.2, -0.15) is 4.31 Å². The number of hydrogen-bond acceptors (Lipinski definition) is 3. The number of sulfonamides is 1. The molecule has 5 heteroatoms. The molecule has 0 heterocycles. The van der Waals surface area contributed by atoms with E-state index in [2.05, 4.69) is 5.32 Å². The van der Waals surface area contributed by atoms with Crippen molar-refractivity contribution in [2.45, 2.75) is 43.7 Å². The predicted octanol–water partition coefficient (Wildman–Crippen LogP) is 1.97. The number of benzene rings is 1. The van der Waals surface area contributed by atoms with Gasteiger partial charge in [-0.15, -0.1) is 0 Å². The Morgan fingerprint density at radius 3 is 2.68 bits per heavy atom. The van der Waals surface area contributed by atoms with E-state index >= 15 is 0 Å². The van der Waals surface area contributed by atoms with Gasteiger partial charge in [0, 0.05) is 19.6 Å². The Hall–Kier alpha value is -0.910. The fraction of sp³-hybridized carbons (Fsp3) is 0.571. The van der Waals surface area contributed by atoms with Crippen LogP contribution in [0.15, 0.2) is 29.2 Å². The molecule has 0 saturated heterocycles. The van der Waals surface area contributed by atoms with Crippen LogP contribution in [-0.2, 0) is 16.6 Å². The standard InChI is InChI=1S/C14H22N2O2S/c1-3-15-11-12-6-4-9-14(10-12)19(17,18)16(2)13-7-5-8-13/h4,6,9-10,13,15H,3,5,7-8,11H2,1-2H3. The van der Waals surface area contributed by atoms with Crippen molar-refractivity contribution in [3.63, 3.8) is 0 Å². The number of nitrogens with zero attached hydrogens (tertiary/aromatic N) is 1. The van der Waals surface area contributed by atoms with E-state index in [4.69, 9.17) is 0 Å². The maximum atomic E-state index is 12.5. The molecule has 1 fully saturated rings. The Kier molecular flexibility index (Phi) is 4.60. The molecule has 1 aromatic carbocycles. The molecular formula is C14H22N2O2S. The predicted molar refractivity (Wildman–Crippen MR) is 76.4 cm³/mol. The summed E-state index contributed by atoms with van der Waals surface area (Å²) in [5.74, 6) is 0. The summed E-state index contributed by atoms with van der Waals surface area (Å²) in [5.41, 5.74) is 1.00. The molecule has 4 nitrogen and oxygen atoms in total. The molecule has 1 aromatic rings. The van der Waals surface area contributed by atoms with Crippen LogP contribution in [0.1, 0.15) is 31.7 Å². The van der Waals surface area contributed by atoms with Crippen molar-refractivity contribution in [2.24, 2.45) is 0 Å². The summed E-state index contributed by atoms with van der Waals surface area (Å²) < 4.78 is 26.5. The lowest BCUT2D eigenvalue weighted by atomic mass is 9.94. The van der Waals surface area contributed by atoms with E-state index in [9.17, 15) is 8.42 Å². The van der Waals surface area contributed by atoms with Crippen molar-refractivity contribution in [1.29, 1.82) is 0 Å². The van der Waals surface area contributed by atoms with Crippen LogP contribution >= 0.6 is 0 Å². The summed E-state index contributed by atoms with van der Waals surface area (Å²) in [5, 5.41) is 3.21. The lowest BCUT2D eigenvalue weighted by Gasteiger charge is -2.33. The van der Waals surface area contributed by atoms with E-state index in [0.717, 1.165) is 31.4 Å². The maximum absolute atomic E-state index is 12.5. The summed E-state index contributed by atoms with van der Waals surface area (Å²) >= 11 is 0. The van der Waals surface area contributed by atoms with Gasteiger partial charge in [0.05, 0.1) is 4.90 Å². The quantitative estimate of drug-likeness (QED) is 0.868. The second-order valence-electron chi connectivity index (χ2n) is 5.03. The SMILES string of the molecule is CCNCc1cccc(S(=O)(=O)N(C)C2CCC2)c1. The molecule has 19 heavy (non-hydrogen) atoms.